The second-order valence-corrected chi connectivity index (χ2v) is 4.93. The molecule has 0 aliphatic carbocycles. The number of ether oxygens (including phenoxy) is 1. The van der Waals surface area contributed by atoms with E-state index in [-0.39, 0.29) is 11.7 Å². The lowest BCUT2D eigenvalue weighted by atomic mass is 10.0. The second kappa shape index (κ2) is 4.12. The first-order valence-electron chi connectivity index (χ1n) is 5.21. The Bertz CT molecular complexity index is 351. The predicted octanol–water partition coefficient (Wildman–Crippen LogP) is 2.78. The van der Waals surface area contributed by atoms with Crippen LogP contribution >= 0.6 is 11.6 Å². The van der Waals surface area contributed by atoms with Crippen molar-refractivity contribution in [2.75, 3.05) is 13.1 Å². The highest BCUT2D eigenvalue weighted by Crippen LogP contribution is 2.30. The molecular weight excluding hydrogens is 210 g/mol. The van der Waals surface area contributed by atoms with Gasteiger partial charge in [0.1, 0.15) is 0 Å². The Labute approximate surface area is 95.6 Å². The van der Waals surface area contributed by atoms with E-state index >= 15 is 0 Å². The monoisotopic (exact) mass is 225 g/mol. The Kier molecular flexibility index (Phi) is 3.01. The third kappa shape index (κ3) is 2.51. The van der Waals surface area contributed by atoms with Crippen molar-refractivity contribution in [1.82, 2.24) is 5.32 Å². The smallest absolute Gasteiger partial charge is 0.0971 e. The normalized spacial score (nSPS) is 25.1. The zero-order valence-corrected chi connectivity index (χ0v) is 9.84. The summed E-state index contributed by atoms with van der Waals surface area (Å²) in [5.74, 6) is 0. The molecule has 0 spiro atoms. The number of morpholine rings is 1. The molecule has 15 heavy (non-hydrogen) atoms. The van der Waals surface area contributed by atoms with Crippen LogP contribution in [-0.4, -0.2) is 18.7 Å². The average molecular weight is 226 g/mol. The maximum atomic E-state index is 6.14. The van der Waals surface area contributed by atoms with E-state index in [1.54, 1.807) is 0 Å². The minimum absolute atomic E-state index is 0.0578. The van der Waals surface area contributed by atoms with Gasteiger partial charge in [-0.25, -0.2) is 0 Å². The van der Waals surface area contributed by atoms with E-state index in [0.717, 1.165) is 23.7 Å². The maximum Gasteiger partial charge on any atom is 0.0971 e. The standard InChI is InChI=1S/C12H16ClNO/c1-12(2)8-14-7-11(15-12)9-5-3-4-6-10(9)13/h3-6,11,14H,7-8H2,1-2H3. The lowest BCUT2D eigenvalue weighted by molar-refractivity contribution is -0.0958. The van der Waals surface area contributed by atoms with Gasteiger partial charge < -0.3 is 10.1 Å². The molecule has 1 saturated heterocycles. The molecule has 1 atom stereocenters. The number of nitrogens with one attached hydrogen (secondary N) is 1. The molecule has 1 unspecified atom stereocenters. The van der Waals surface area contributed by atoms with Gasteiger partial charge in [-0.1, -0.05) is 29.8 Å². The van der Waals surface area contributed by atoms with Gasteiger partial charge in [0.25, 0.3) is 0 Å². The Hall–Kier alpha value is -0.570. The molecule has 1 fully saturated rings. The zero-order valence-electron chi connectivity index (χ0n) is 9.09. The molecule has 1 aromatic carbocycles. The van der Waals surface area contributed by atoms with Crippen molar-refractivity contribution in [1.29, 1.82) is 0 Å². The van der Waals surface area contributed by atoms with E-state index in [1.807, 2.05) is 24.3 Å². The summed E-state index contributed by atoms with van der Waals surface area (Å²) in [6.45, 7) is 5.88. The molecule has 2 rings (SSSR count). The minimum Gasteiger partial charge on any atom is -0.365 e. The van der Waals surface area contributed by atoms with E-state index in [0.29, 0.717) is 0 Å². The van der Waals surface area contributed by atoms with Crippen LogP contribution in [0.4, 0.5) is 0 Å². The second-order valence-electron chi connectivity index (χ2n) is 4.52. The average Bonchev–Trinajstić information content (AvgIpc) is 2.17. The van der Waals surface area contributed by atoms with Crippen molar-refractivity contribution in [3.8, 4) is 0 Å². The van der Waals surface area contributed by atoms with Crippen LogP contribution in [0.2, 0.25) is 5.02 Å². The van der Waals surface area contributed by atoms with Gasteiger partial charge in [0, 0.05) is 23.7 Å². The molecule has 1 aliphatic rings. The lowest BCUT2D eigenvalue weighted by Gasteiger charge is -2.37. The van der Waals surface area contributed by atoms with Crippen LogP contribution in [-0.2, 0) is 4.74 Å². The van der Waals surface area contributed by atoms with Crippen molar-refractivity contribution in [2.45, 2.75) is 25.6 Å². The Morgan fingerprint density at radius 3 is 2.80 bits per heavy atom. The first-order valence-corrected chi connectivity index (χ1v) is 5.59. The first-order chi connectivity index (χ1) is 7.08. The quantitative estimate of drug-likeness (QED) is 0.794. The SMILES string of the molecule is CC1(C)CNCC(c2ccccc2Cl)O1. The molecule has 2 nitrogen and oxygen atoms in total. The van der Waals surface area contributed by atoms with Crippen molar-refractivity contribution in [2.24, 2.45) is 0 Å². The minimum atomic E-state index is -0.123. The Morgan fingerprint density at radius 2 is 2.13 bits per heavy atom. The van der Waals surface area contributed by atoms with Crippen LogP contribution in [0, 0.1) is 0 Å². The summed E-state index contributed by atoms with van der Waals surface area (Å²) in [4.78, 5) is 0. The van der Waals surface area contributed by atoms with E-state index in [9.17, 15) is 0 Å². The van der Waals surface area contributed by atoms with Gasteiger partial charge in [-0.3, -0.25) is 0 Å². The molecule has 0 aromatic heterocycles. The molecule has 0 saturated carbocycles. The van der Waals surface area contributed by atoms with E-state index in [4.69, 9.17) is 16.3 Å². The van der Waals surface area contributed by atoms with Crippen LogP contribution in [0.5, 0.6) is 0 Å². The molecular formula is C12H16ClNO. The summed E-state index contributed by atoms with van der Waals surface area (Å²) in [6, 6.07) is 7.86. The first kappa shape index (κ1) is 10.9. The summed E-state index contributed by atoms with van der Waals surface area (Å²) in [7, 11) is 0. The fraction of sp³-hybridized carbons (Fsp3) is 0.500. The molecule has 3 heteroatoms. The fourth-order valence-electron chi connectivity index (χ4n) is 1.88. The third-order valence-corrected chi connectivity index (χ3v) is 2.94. The molecule has 1 N–H and O–H groups in total. The number of hydrogen-bond donors (Lipinski definition) is 1. The van der Waals surface area contributed by atoms with E-state index < -0.39 is 0 Å². The Morgan fingerprint density at radius 1 is 1.40 bits per heavy atom. The van der Waals surface area contributed by atoms with E-state index in [2.05, 4.69) is 19.2 Å². The number of hydrogen-bond acceptors (Lipinski definition) is 2. The van der Waals surface area contributed by atoms with Gasteiger partial charge >= 0.3 is 0 Å². The highest BCUT2D eigenvalue weighted by molar-refractivity contribution is 6.31. The summed E-state index contributed by atoms with van der Waals surface area (Å²) >= 11 is 6.14. The van der Waals surface area contributed by atoms with Crippen molar-refractivity contribution in [3.63, 3.8) is 0 Å². The van der Waals surface area contributed by atoms with Gasteiger partial charge in [-0.2, -0.15) is 0 Å². The third-order valence-electron chi connectivity index (χ3n) is 2.59. The van der Waals surface area contributed by atoms with Crippen LogP contribution in [0.3, 0.4) is 0 Å². The maximum absolute atomic E-state index is 6.14. The highest BCUT2D eigenvalue weighted by Gasteiger charge is 2.29. The molecule has 0 bridgehead atoms. The number of halogens is 1. The topological polar surface area (TPSA) is 21.3 Å². The van der Waals surface area contributed by atoms with Gasteiger partial charge in [-0.15, -0.1) is 0 Å². The summed E-state index contributed by atoms with van der Waals surface area (Å²) in [6.07, 6.45) is 0.0578. The van der Waals surface area contributed by atoms with E-state index in [1.165, 1.54) is 0 Å². The summed E-state index contributed by atoms with van der Waals surface area (Å²) < 4.78 is 5.99. The molecule has 1 heterocycles. The van der Waals surface area contributed by atoms with Gasteiger partial charge in [-0.05, 0) is 19.9 Å². The van der Waals surface area contributed by atoms with Crippen molar-refractivity contribution < 1.29 is 4.74 Å². The number of rotatable bonds is 1. The predicted molar refractivity (Wildman–Crippen MR) is 62.2 cm³/mol. The molecule has 0 amide bonds. The van der Waals surface area contributed by atoms with Crippen molar-refractivity contribution >= 4 is 11.6 Å². The summed E-state index contributed by atoms with van der Waals surface area (Å²) in [5, 5.41) is 4.15. The fourth-order valence-corrected chi connectivity index (χ4v) is 2.14. The summed E-state index contributed by atoms with van der Waals surface area (Å²) in [5.41, 5.74) is 0.946. The van der Waals surface area contributed by atoms with Crippen LogP contribution in [0.1, 0.15) is 25.5 Å². The van der Waals surface area contributed by atoms with Gasteiger partial charge in [0.15, 0.2) is 0 Å². The molecule has 82 valence electrons. The Balaban J connectivity index is 2.21. The van der Waals surface area contributed by atoms with Crippen LogP contribution in [0.15, 0.2) is 24.3 Å². The largest absolute Gasteiger partial charge is 0.365 e. The van der Waals surface area contributed by atoms with Gasteiger partial charge in [0.05, 0.1) is 11.7 Å². The molecule has 0 radical (unpaired) electrons. The highest BCUT2D eigenvalue weighted by atomic mass is 35.5. The van der Waals surface area contributed by atoms with Gasteiger partial charge in [0.2, 0.25) is 0 Å². The lowest BCUT2D eigenvalue weighted by Crippen LogP contribution is -2.46. The zero-order chi connectivity index (χ0) is 10.9. The van der Waals surface area contributed by atoms with Crippen molar-refractivity contribution in [3.05, 3.63) is 34.9 Å². The molecule has 1 aromatic rings. The van der Waals surface area contributed by atoms with Crippen LogP contribution in [0.25, 0.3) is 0 Å². The van der Waals surface area contributed by atoms with Crippen LogP contribution < -0.4 is 5.32 Å². The number of benzene rings is 1. The molecule has 1 aliphatic heterocycles.